The van der Waals surface area contributed by atoms with E-state index >= 15 is 0 Å². The summed E-state index contributed by atoms with van der Waals surface area (Å²) in [6.07, 6.45) is 0.401. The first-order chi connectivity index (χ1) is 15.2. The summed E-state index contributed by atoms with van der Waals surface area (Å²) < 4.78 is 17.5. The molecule has 172 valence electrons. The van der Waals surface area contributed by atoms with Crippen molar-refractivity contribution < 1.29 is 23.5 Å². The minimum atomic E-state index is -2.72. The summed E-state index contributed by atoms with van der Waals surface area (Å²) in [7, 11) is -1.34. The summed E-state index contributed by atoms with van der Waals surface area (Å²) in [5.41, 5.74) is 0. The predicted molar refractivity (Wildman–Crippen MR) is 127 cm³/mol. The standard InChI is InChI=1S/C26H34O5Si/c1-19-20(17-24(27)29-5)16-21(31-25(19)28)18-30-32(26(2,3)4,22-12-8-6-9-13-22)23-14-10-7-11-15-23/h6-15,19-21H,16-18H2,1-5H3/t19-,20+,21+/m0/s1. The third-order valence-electron chi connectivity index (χ3n) is 6.49. The van der Waals surface area contributed by atoms with Crippen molar-refractivity contribution in [2.24, 2.45) is 11.8 Å². The van der Waals surface area contributed by atoms with Crippen LogP contribution in [0, 0.1) is 11.8 Å². The summed E-state index contributed by atoms with van der Waals surface area (Å²) in [6.45, 7) is 8.76. The molecule has 0 aromatic heterocycles. The Kier molecular flexibility index (Phi) is 7.57. The van der Waals surface area contributed by atoms with Crippen molar-refractivity contribution in [1.82, 2.24) is 0 Å². The summed E-state index contributed by atoms with van der Waals surface area (Å²) in [4.78, 5) is 24.4. The lowest BCUT2D eigenvalue weighted by Crippen LogP contribution is -2.67. The third kappa shape index (κ3) is 4.97. The molecule has 2 aromatic carbocycles. The van der Waals surface area contributed by atoms with E-state index in [1.54, 1.807) is 0 Å². The molecule has 32 heavy (non-hydrogen) atoms. The Hall–Kier alpha value is -2.44. The average Bonchev–Trinajstić information content (AvgIpc) is 2.78. The highest BCUT2D eigenvalue weighted by Crippen LogP contribution is 2.38. The van der Waals surface area contributed by atoms with Gasteiger partial charge < -0.3 is 13.9 Å². The number of methoxy groups -OCH3 is 1. The zero-order chi connectivity index (χ0) is 23.4. The van der Waals surface area contributed by atoms with Crippen molar-refractivity contribution in [3.05, 3.63) is 60.7 Å². The molecule has 6 heteroatoms. The molecule has 0 unspecified atom stereocenters. The molecular formula is C26H34O5Si. The van der Waals surface area contributed by atoms with Crippen LogP contribution >= 0.6 is 0 Å². The molecule has 0 radical (unpaired) electrons. The number of ether oxygens (including phenoxy) is 2. The van der Waals surface area contributed by atoms with Crippen molar-refractivity contribution in [2.45, 2.75) is 51.7 Å². The molecule has 0 N–H and O–H groups in total. The number of carbonyl (C=O) groups is 2. The number of hydrogen-bond donors (Lipinski definition) is 0. The highest BCUT2D eigenvalue weighted by atomic mass is 28.4. The molecule has 0 amide bonds. The van der Waals surface area contributed by atoms with E-state index < -0.39 is 14.4 Å². The van der Waals surface area contributed by atoms with Gasteiger partial charge in [-0.25, -0.2) is 0 Å². The van der Waals surface area contributed by atoms with Crippen LogP contribution in [0.25, 0.3) is 0 Å². The van der Waals surface area contributed by atoms with Crippen molar-refractivity contribution >= 4 is 30.6 Å². The van der Waals surface area contributed by atoms with E-state index in [0.29, 0.717) is 13.0 Å². The van der Waals surface area contributed by atoms with Gasteiger partial charge >= 0.3 is 11.9 Å². The van der Waals surface area contributed by atoms with Crippen molar-refractivity contribution in [2.75, 3.05) is 13.7 Å². The molecule has 3 rings (SSSR count). The van der Waals surface area contributed by atoms with Gasteiger partial charge in [0.05, 0.1) is 19.6 Å². The molecule has 0 saturated carbocycles. The molecule has 1 aliphatic rings. The lowest BCUT2D eigenvalue weighted by molar-refractivity contribution is -0.167. The Morgan fingerprint density at radius 2 is 1.56 bits per heavy atom. The molecule has 1 heterocycles. The molecule has 5 nitrogen and oxygen atoms in total. The maximum Gasteiger partial charge on any atom is 0.309 e. The van der Waals surface area contributed by atoms with Crippen LogP contribution in [0.5, 0.6) is 0 Å². The van der Waals surface area contributed by atoms with Crippen molar-refractivity contribution in [1.29, 1.82) is 0 Å². The van der Waals surface area contributed by atoms with Gasteiger partial charge in [-0.15, -0.1) is 0 Å². The van der Waals surface area contributed by atoms with E-state index in [0.717, 1.165) is 0 Å². The number of esters is 2. The second kappa shape index (κ2) is 10.0. The summed E-state index contributed by atoms with van der Waals surface area (Å²) >= 11 is 0. The van der Waals surface area contributed by atoms with Gasteiger partial charge in [0.2, 0.25) is 0 Å². The summed E-state index contributed by atoms with van der Waals surface area (Å²) in [5, 5.41) is 2.20. The van der Waals surface area contributed by atoms with E-state index in [4.69, 9.17) is 13.9 Å². The number of carbonyl (C=O) groups excluding carboxylic acids is 2. The largest absolute Gasteiger partial charge is 0.469 e. The van der Waals surface area contributed by atoms with Gasteiger partial charge in [0, 0.05) is 6.42 Å². The average molecular weight is 455 g/mol. The fraction of sp³-hybridized carbons (Fsp3) is 0.462. The van der Waals surface area contributed by atoms with Gasteiger partial charge in [-0.3, -0.25) is 9.59 Å². The second-order valence-corrected chi connectivity index (χ2v) is 13.9. The Bertz CT molecular complexity index is 867. The monoisotopic (exact) mass is 454 g/mol. The lowest BCUT2D eigenvalue weighted by Gasteiger charge is -2.44. The number of hydrogen-bond acceptors (Lipinski definition) is 5. The Labute approximate surface area is 192 Å². The van der Waals surface area contributed by atoms with Gasteiger partial charge in [0.1, 0.15) is 6.10 Å². The molecule has 1 saturated heterocycles. The fourth-order valence-electron chi connectivity index (χ4n) is 4.69. The van der Waals surface area contributed by atoms with E-state index in [-0.39, 0.29) is 35.2 Å². The minimum Gasteiger partial charge on any atom is -0.469 e. The normalized spacial score (nSPS) is 21.7. The molecule has 2 aromatic rings. The van der Waals surface area contributed by atoms with Crippen LogP contribution in [-0.2, 0) is 23.5 Å². The number of rotatable bonds is 7. The Balaban J connectivity index is 1.92. The van der Waals surface area contributed by atoms with Crippen LogP contribution in [0.1, 0.15) is 40.5 Å². The SMILES string of the molecule is COC(=O)C[C@H]1C[C@H](CO[Si](c2ccccc2)(c2ccccc2)C(C)(C)C)OC(=O)[C@H]1C. The van der Waals surface area contributed by atoms with Crippen LogP contribution in [0.2, 0.25) is 5.04 Å². The minimum absolute atomic E-state index is 0.114. The first-order valence-corrected chi connectivity index (χ1v) is 13.1. The van der Waals surface area contributed by atoms with Crippen LogP contribution in [0.3, 0.4) is 0 Å². The topological polar surface area (TPSA) is 61.8 Å². The van der Waals surface area contributed by atoms with Gasteiger partial charge in [0.25, 0.3) is 8.32 Å². The molecular weight excluding hydrogens is 420 g/mol. The number of cyclic esters (lactones) is 1. The third-order valence-corrected chi connectivity index (χ3v) is 11.5. The molecule has 0 spiro atoms. The van der Waals surface area contributed by atoms with E-state index in [2.05, 4.69) is 45.0 Å². The van der Waals surface area contributed by atoms with Crippen LogP contribution < -0.4 is 10.4 Å². The highest BCUT2D eigenvalue weighted by molar-refractivity contribution is 6.99. The van der Waals surface area contributed by atoms with Gasteiger partial charge in [0.15, 0.2) is 0 Å². The quantitative estimate of drug-likeness (QED) is 0.472. The van der Waals surface area contributed by atoms with Crippen LogP contribution in [0.15, 0.2) is 60.7 Å². The first-order valence-electron chi connectivity index (χ1n) is 11.2. The number of benzene rings is 2. The smallest absolute Gasteiger partial charge is 0.309 e. The molecule has 1 aliphatic heterocycles. The van der Waals surface area contributed by atoms with Crippen LogP contribution in [-0.4, -0.2) is 40.1 Å². The van der Waals surface area contributed by atoms with Crippen LogP contribution in [0.4, 0.5) is 0 Å². The fourth-order valence-corrected chi connectivity index (χ4v) is 9.28. The predicted octanol–water partition coefficient (Wildman–Crippen LogP) is 3.69. The van der Waals surface area contributed by atoms with E-state index in [1.807, 2.05) is 43.3 Å². The van der Waals surface area contributed by atoms with Crippen molar-refractivity contribution in [3.8, 4) is 0 Å². The zero-order valence-corrected chi connectivity index (χ0v) is 20.7. The Morgan fingerprint density at radius 1 is 1.03 bits per heavy atom. The highest BCUT2D eigenvalue weighted by Gasteiger charge is 2.51. The zero-order valence-electron chi connectivity index (χ0n) is 19.7. The lowest BCUT2D eigenvalue weighted by atomic mass is 9.84. The molecule has 0 bridgehead atoms. The second-order valence-electron chi connectivity index (χ2n) is 9.60. The van der Waals surface area contributed by atoms with E-state index in [9.17, 15) is 9.59 Å². The van der Waals surface area contributed by atoms with Gasteiger partial charge in [-0.05, 0) is 27.8 Å². The molecule has 0 aliphatic carbocycles. The van der Waals surface area contributed by atoms with Gasteiger partial charge in [-0.1, -0.05) is 88.4 Å². The van der Waals surface area contributed by atoms with E-state index in [1.165, 1.54) is 17.5 Å². The molecule has 1 fully saturated rings. The van der Waals surface area contributed by atoms with Crippen molar-refractivity contribution in [3.63, 3.8) is 0 Å². The first kappa shape index (κ1) is 24.2. The summed E-state index contributed by atoms with van der Waals surface area (Å²) in [6, 6.07) is 20.8. The maximum absolute atomic E-state index is 12.5. The van der Waals surface area contributed by atoms with Gasteiger partial charge in [-0.2, -0.15) is 0 Å². The molecule has 3 atom stereocenters. The Morgan fingerprint density at radius 3 is 2.03 bits per heavy atom. The summed E-state index contributed by atoms with van der Waals surface area (Å²) in [5.74, 6) is -1.03. The maximum atomic E-state index is 12.5.